The largest absolute Gasteiger partial charge is 0.496 e. The molecule has 1 aromatic rings. The van der Waals surface area contributed by atoms with Crippen LogP contribution in [-0.4, -0.2) is 23.9 Å². The number of ether oxygens (including phenoxy) is 1. The molecule has 0 aliphatic carbocycles. The van der Waals surface area contributed by atoms with Gasteiger partial charge in [-0.3, -0.25) is 0 Å². The van der Waals surface area contributed by atoms with Crippen molar-refractivity contribution in [3.63, 3.8) is 0 Å². The van der Waals surface area contributed by atoms with Gasteiger partial charge < -0.3 is 14.9 Å². The predicted molar refractivity (Wildman–Crippen MR) is 54.3 cm³/mol. The Labute approximate surface area is 84.0 Å². The van der Waals surface area contributed by atoms with Gasteiger partial charge in [0.1, 0.15) is 5.75 Å². The van der Waals surface area contributed by atoms with Crippen LogP contribution in [0.25, 0.3) is 0 Å². The monoisotopic (exact) mass is 196 g/mol. The smallest absolute Gasteiger partial charge is 0.127 e. The molecule has 0 fully saturated rings. The van der Waals surface area contributed by atoms with Gasteiger partial charge in [-0.2, -0.15) is 0 Å². The molecule has 0 heterocycles. The van der Waals surface area contributed by atoms with Crippen LogP contribution < -0.4 is 4.74 Å². The van der Waals surface area contributed by atoms with Crippen LogP contribution >= 0.6 is 0 Å². The number of hydrogen-bond donors (Lipinski definition) is 2. The number of rotatable bonds is 5. The standard InChI is InChI=1S/C11H16O3/c1-14-11-9(6-3-7-12)4-2-5-10(11)8-13/h2,4-5,12-13H,3,6-8H2,1H3. The van der Waals surface area contributed by atoms with Gasteiger partial charge in [0, 0.05) is 12.2 Å². The molecule has 0 unspecified atom stereocenters. The van der Waals surface area contributed by atoms with Crippen LogP contribution in [0.1, 0.15) is 17.5 Å². The van der Waals surface area contributed by atoms with Crippen molar-refractivity contribution in [3.05, 3.63) is 29.3 Å². The Morgan fingerprint density at radius 3 is 2.50 bits per heavy atom. The normalized spacial score (nSPS) is 10.2. The fourth-order valence-corrected chi connectivity index (χ4v) is 1.49. The number of para-hydroxylation sites is 1. The average molecular weight is 196 g/mol. The van der Waals surface area contributed by atoms with Gasteiger partial charge in [0.2, 0.25) is 0 Å². The van der Waals surface area contributed by atoms with Crippen LogP contribution in [0.2, 0.25) is 0 Å². The maximum Gasteiger partial charge on any atom is 0.127 e. The highest BCUT2D eigenvalue weighted by molar-refractivity contribution is 5.41. The molecule has 0 saturated heterocycles. The summed E-state index contributed by atoms with van der Waals surface area (Å²) in [7, 11) is 1.59. The number of benzene rings is 1. The van der Waals surface area contributed by atoms with E-state index in [1.807, 2.05) is 18.2 Å². The minimum Gasteiger partial charge on any atom is -0.496 e. The summed E-state index contributed by atoms with van der Waals surface area (Å²) >= 11 is 0. The molecule has 0 aliphatic heterocycles. The fraction of sp³-hybridized carbons (Fsp3) is 0.455. The lowest BCUT2D eigenvalue weighted by atomic mass is 10.0. The summed E-state index contributed by atoms with van der Waals surface area (Å²) in [5.74, 6) is 0.739. The first-order valence-electron chi connectivity index (χ1n) is 4.70. The van der Waals surface area contributed by atoms with Crippen molar-refractivity contribution >= 4 is 0 Å². The van der Waals surface area contributed by atoms with E-state index in [2.05, 4.69) is 0 Å². The SMILES string of the molecule is COc1c(CO)cccc1CCCO. The first-order chi connectivity index (χ1) is 6.83. The lowest BCUT2D eigenvalue weighted by Crippen LogP contribution is -1.98. The Morgan fingerprint density at radius 1 is 1.21 bits per heavy atom. The molecule has 3 nitrogen and oxygen atoms in total. The molecule has 3 heteroatoms. The van der Waals surface area contributed by atoms with Crippen LogP contribution in [0.5, 0.6) is 5.75 Å². The van der Waals surface area contributed by atoms with Gasteiger partial charge >= 0.3 is 0 Å². The summed E-state index contributed by atoms with van der Waals surface area (Å²) in [5, 5.41) is 17.8. The molecule has 0 atom stereocenters. The van der Waals surface area contributed by atoms with E-state index in [4.69, 9.17) is 14.9 Å². The average Bonchev–Trinajstić information content (AvgIpc) is 2.25. The Kier molecular flexibility index (Phi) is 4.43. The summed E-state index contributed by atoms with van der Waals surface area (Å²) < 4.78 is 5.22. The lowest BCUT2D eigenvalue weighted by molar-refractivity contribution is 0.272. The zero-order valence-corrected chi connectivity index (χ0v) is 8.36. The van der Waals surface area contributed by atoms with Crippen LogP contribution in [-0.2, 0) is 13.0 Å². The third-order valence-electron chi connectivity index (χ3n) is 2.16. The van der Waals surface area contributed by atoms with E-state index in [9.17, 15) is 0 Å². The van der Waals surface area contributed by atoms with Crippen LogP contribution in [0, 0.1) is 0 Å². The molecule has 0 aliphatic rings. The maximum atomic E-state index is 9.07. The number of methoxy groups -OCH3 is 1. The molecular formula is C11H16O3. The van der Waals surface area contributed by atoms with Gasteiger partial charge in [-0.05, 0) is 18.4 Å². The van der Waals surface area contributed by atoms with Gasteiger partial charge in [0.15, 0.2) is 0 Å². The van der Waals surface area contributed by atoms with E-state index < -0.39 is 0 Å². The Morgan fingerprint density at radius 2 is 1.93 bits per heavy atom. The molecule has 0 amide bonds. The summed E-state index contributed by atoms with van der Waals surface area (Å²) in [5.41, 5.74) is 1.83. The van der Waals surface area contributed by atoms with E-state index in [0.717, 1.165) is 23.3 Å². The van der Waals surface area contributed by atoms with Crippen molar-refractivity contribution in [1.82, 2.24) is 0 Å². The third kappa shape index (κ3) is 2.47. The minimum atomic E-state index is -0.0177. The molecule has 0 radical (unpaired) electrons. The van der Waals surface area contributed by atoms with Gasteiger partial charge in [0.05, 0.1) is 13.7 Å². The fourth-order valence-electron chi connectivity index (χ4n) is 1.49. The van der Waals surface area contributed by atoms with Gasteiger partial charge in [0.25, 0.3) is 0 Å². The molecule has 1 aromatic carbocycles. The quantitative estimate of drug-likeness (QED) is 0.741. The minimum absolute atomic E-state index is 0.0177. The van der Waals surface area contributed by atoms with Crippen molar-refractivity contribution in [1.29, 1.82) is 0 Å². The summed E-state index contributed by atoms with van der Waals surface area (Å²) in [6.07, 6.45) is 1.48. The highest BCUT2D eigenvalue weighted by Gasteiger charge is 2.07. The third-order valence-corrected chi connectivity index (χ3v) is 2.16. The Bertz CT molecular complexity index is 284. The lowest BCUT2D eigenvalue weighted by Gasteiger charge is -2.11. The van der Waals surface area contributed by atoms with E-state index in [-0.39, 0.29) is 13.2 Å². The molecule has 0 bridgehead atoms. The van der Waals surface area contributed by atoms with Crippen molar-refractivity contribution in [2.75, 3.05) is 13.7 Å². The molecule has 78 valence electrons. The van der Waals surface area contributed by atoms with Crippen molar-refractivity contribution in [2.45, 2.75) is 19.4 Å². The maximum absolute atomic E-state index is 9.07. The molecule has 0 saturated carbocycles. The molecule has 0 spiro atoms. The first kappa shape index (κ1) is 11.0. The second-order valence-corrected chi connectivity index (χ2v) is 3.09. The van der Waals surface area contributed by atoms with E-state index in [1.165, 1.54) is 0 Å². The summed E-state index contributed by atoms with van der Waals surface area (Å²) in [6, 6.07) is 5.68. The Hall–Kier alpha value is -1.06. The van der Waals surface area contributed by atoms with Crippen LogP contribution in [0.3, 0.4) is 0 Å². The van der Waals surface area contributed by atoms with Crippen LogP contribution in [0.15, 0.2) is 18.2 Å². The topological polar surface area (TPSA) is 49.7 Å². The van der Waals surface area contributed by atoms with Crippen molar-refractivity contribution in [3.8, 4) is 5.75 Å². The van der Waals surface area contributed by atoms with E-state index >= 15 is 0 Å². The van der Waals surface area contributed by atoms with Crippen molar-refractivity contribution in [2.24, 2.45) is 0 Å². The molecule has 14 heavy (non-hydrogen) atoms. The molecular weight excluding hydrogens is 180 g/mol. The van der Waals surface area contributed by atoms with Gasteiger partial charge in [-0.1, -0.05) is 18.2 Å². The molecule has 2 N–H and O–H groups in total. The second kappa shape index (κ2) is 5.62. The zero-order chi connectivity index (χ0) is 10.4. The number of hydrogen-bond acceptors (Lipinski definition) is 3. The number of aliphatic hydroxyl groups excluding tert-OH is 2. The zero-order valence-electron chi connectivity index (χ0n) is 8.36. The van der Waals surface area contributed by atoms with Gasteiger partial charge in [-0.25, -0.2) is 0 Å². The number of aliphatic hydroxyl groups is 2. The number of aryl methyl sites for hydroxylation is 1. The Balaban J connectivity index is 2.90. The summed E-state index contributed by atoms with van der Waals surface area (Å²) in [6.45, 7) is 0.155. The second-order valence-electron chi connectivity index (χ2n) is 3.09. The highest BCUT2D eigenvalue weighted by atomic mass is 16.5. The van der Waals surface area contributed by atoms with E-state index in [1.54, 1.807) is 7.11 Å². The van der Waals surface area contributed by atoms with Gasteiger partial charge in [-0.15, -0.1) is 0 Å². The molecule has 0 aromatic heterocycles. The van der Waals surface area contributed by atoms with Crippen molar-refractivity contribution < 1.29 is 14.9 Å². The molecule has 1 rings (SSSR count). The highest BCUT2D eigenvalue weighted by Crippen LogP contribution is 2.24. The van der Waals surface area contributed by atoms with Crippen LogP contribution in [0.4, 0.5) is 0 Å². The predicted octanol–water partition coefficient (Wildman–Crippen LogP) is 1.11. The summed E-state index contributed by atoms with van der Waals surface area (Å²) in [4.78, 5) is 0. The van der Waals surface area contributed by atoms with E-state index in [0.29, 0.717) is 6.42 Å². The first-order valence-corrected chi connectivity index (χ1v) is 4.70.